The van der Waals surface area contributed by atoms with Gasteiger partial charge in [0.25, 0.3) is 0 Å². The van der Waals surface area contributed by atoms with Crippen molar-refractivity contribution in [2.75, 3.05) is 23.3 Å². The lowest BCUT2D eigenvalue weighted by Gasteiger charge is -2.31. The molecular formula is C19H22N2O. The van der Waals surface area contributed by atoms with Crippen LogP contribution in [0.5, 0.6) is 0 Å². The second-order valence-electron chi connectivity index (χ2n) is 5.94. The molecule has 1 heterocycles. The molecule has 1 amide bonds. The van der Waals surface area contributed by atoms with Crippen LogP contribution in [0.3, 0.4) is 0 Å². The van der Waals surface area contributed by atoms with Crippen molar-refractivity contribution in [1.29, 1.82) is 0 Å². The minimum atomic E-state index is 0.156. The highest BCUT2D eigenvalue weighted by Crippen LogP contribution is 2.32. The molecule has 2 aromatic rings. The van der Waals surface area contributed by atoms with Crippen molar-refractivity contribution in [3.05, 3.63) is 59.2 Å². The van der Waals surface area contributed by atoms with Gasteiger partial charge in [0, 0.05) is 6.54 Å². The number of nitrogens with one attached hydrogen (secondary N) is 1. The SMILES string of the molecule is Cc1cc2c(cc1C)N(CCCc1ccccc1)C(=O)CN2. The van der Waals surface area contributed by atoms with Crippen LogP contribution in [-0.2, 0) is 11.2 Å². The number of carbonyl (C=O) groups excluding carboxylic acids is 1. The van der Waals surface area contributed by atoms with E-state index in [1.807, 2.05) is 11.0 Å². The third kappa shape index (κ3) is 2.98. The van der Waals surface area contributed by atoms with Gasteiger partial charge in [0.05, 0.1) is 17.9 Å². The number of benzene rings is 2. The number of carbonyl (C=O) groups is 1. The highest BCUT2D eigenvalue weighted by Gasteiger charge is 2.23. The summed E-state index contributed by atoms with van der Waals surface area (Å²) in [6.07, 6.45) is 1.97. The molecule has 0 aliphatic carbocycles. The van der Waals surface area contributed by atoms with E-state index in [-0.39, 0.29) is 5.91 Å². The Hall–Kier alpha value is -2.29. The van der Waals surface area contributed by atoms with Gasteiger partial charge in [-0.3, -0.25) is 4.79 Å². The Morgan fingerprint density at radius 1 is 1.09 bits per heavy atom. The highest BCUT2D eigenvalue weighted by molar-refractivity contribution is 6.02. The maximum absolute atomic E-state index is 12.3. The molecule has 0 radical (unpaired) electrons. The van der Waals surface area contributed by atoms with Crippen LogP contribution < -0.4 is 10.2 Å². The van der Waals surface area contributed by atoms with E-state index in [2.05, 4.69) is 55.6 Å². The van der Waals surface area contributed by atoms with E-state index in [0.717, 1.165) is 30.8 Å². The van der Waals surface area contributed by atoms with Gasteiger partial charge in [0.2, 0.25) is 5.91 Å². The van der Waals surface area contributed by atoms with E-state index in [9.17, 15) is 4.79 Å². The Labute approximate surface area is 132 Å². The first-order chi connectivity index (χ1) is 10.6. The molecular weight excluding hydrogens is 272 g/mol. The number of amides is 1. The molecule has 0 unspecified atom stereocenters. The fraction of sp³-hybridized carbons (Fsp3) is 0.316. The molecule has 0 spiro atoms. The van der Waals surface area contributed by atoms with E-state index in [1.54, 1.807) is 0 Å². The predicted octanol–water partition coefficient (Wildman–Crippen LogP) is 3.69. The van der Waals surface area contributed by atoms with Crippen molar-refractivity contribution in [2.45, 2.75) is 26.7 Å². The van der Waals surface area contributed by atoms with Gasteiger partial charge in [0.15, 0.2) is 0 Å². The third-order valence-electron chi connectivity index (χ3n) is 4.32. The van der Waals surface area contributed by atoms with Crippen molar-refractivity contribution in [2.24, 2.45) is 0 Å². The molecule has 22 heavy (non-hydrogen) atoms. The van der Waals surface area contributed by atoms with Crippen LogP contribution in [0.15, 0.2) is 42.5 Å². The van der Waals surface area contributed by atoms with Crippen molar-refractivity contribution in [3.63, 3.8) is 0 Å². The average Bonchev–Trinajstić information content (AvgIpc) is 2.52. The van der Waals surface area contributed by atoms with Gasteiger partial charge >= 0.3 is 0 Å². The topological polar surface area (TPSA) is 32.3 Å². The normalized spacial score (nSPS) is 13.7. The van der Waals surface area contributed by atoms with Crippen LogP contribution in [0, 0.1) is 13.8 Å². The minimum Gasteiger partial charge on any atom is -0.374 e. The molecule has 1 aliphatic rings. The van der Waals surface area contributed by atoms with Gasteiger partial charge in [-0.2, -0.15) is 0 Å². The van der Waals surface area contributed by atoms with E-state index < -0.39 is 0 Å². The van der Waals surface area contributed by atoms with Gasteiger partial charge in [-0.15, -0.1) is 0 Å². The molecule has 3 rings (SSSR count). The first kappa shape index (κ1) is 14.6. The average molecular weight is 294 g/mol. The number of rotatable bonds is 4. The molecule has 114 valence electrons. The minimum absolute atomic E-state index is 0.156. The van der Waals surface area contributed by atoms with Crippen LogP contribution in [0.4, 0.5) is 11.4 Å². The van der Waals surface area contributed by atoms with Crippen molar-refractivity contribution < 1.29 is 4.79 Å². The fourth-order valence-electron chi connectivity index (χ4n) is 2.90. The Kier molecular flexibility index (Phi) is 4.14. The second kappa shape index (κ2) is 6.22. The summed E-state index contributed by atoms with van der Waals surface area (Å²) >= 11 is 0. The van der Waals surface area contributed by atoms with Crippen LogP contribution in [0.1, 0.15) is 23.1 Å². The van der Waals surface area contributed by atoms with Gasteiger partial charge in [0.1, 0.15) is 0 Å². The molecule has 0 saturated heterocycles. The lowest BCUT2D eigenvalue weighted by atomic mass is 10.0. The van der Waals surface area contributed by atoms with Gasteiger partial charge in [-0.25, -0.2) is 0 Å². The van der Waals surface area contributed by atoms with Crippen LogP contribution in [0.25, 0.3) is 0 Å². The molecule has 3 nitrogen and oxygen atoms in total. The lowest BCUT2D eigenvalue weighted by molar-refractivity contribution is -0.117. The van der Waals surface area contributed by atoms with Crippen LogP contribution >= 0.6 is 0 Å². The summed E-state index contributed by atoms with van der Waals surface area (Å²) in [5.41, 5.74) is 5.90. The summed E-state index contributed by atoms with van der Waals surface area (Å²) in [7, 11) is 0. The smallest absolute Gasteiger partial charge is 0.246 e. The zero-order valence-electron chi connectivity index (χ0n) is 13.2. The zero-order valence-corrected chi connectivity index (χ0v) is 13.2. The molecule has 0 bridgehead atoms. The van der Waals surface area contributed by atoms with Gasteiger partial charge < -0.3 is 10.2 Å². The lowest BCUT2D eigenvalue weighted by Crippen LogP contribution is -2.40. The quantitative estimate of drug-likeness (QED) is 0.932. The largest absolute Gasteiger partial charge is 0.374 e. The maximum Gasteiger partial charge on any atom is 0.246 e. The van der Waals surface area contributed by atoms with Crippen LogP contribution in [0.2, 0.25) is 0 Å². The van der Waals surface area contributed by atoms with E-state index in [1.165, 1.54) is 16.7 Å². The molecule has 1 aliphatic heterocycles. The summed E-state index contributed by atoms with van der Waals surface area (Å²) in [5.74, 6) is 0.156. The predicted molar refractivity (Wildman–Crippen MR) is 91.5 cm³/mol. The first-order valence-corrected chi connectivity index (χ1v) is 7.84. The van der Waals surface area contributed by atoms with Crippen molar-refractivity contribution in [1.82, 2.24) is 0 Å². The summed E-state index contributed by atoms with van der Waals surface area (Å²) in [6.45, 7) is 5.36. The Morgan fingerprint density at radius 2 is 1.82 bits per heavy atom. The standard InChI is InChI=1S/C19H22N2O/c1-14-11-17-18(12-15(14)2)21(19(22)13-20-17)10-6-9-16-7-4-3-5-8-16/h3-5,7-8,11-12,20H,6,9-10,13H2,1-2H3. The molecule has 0 saturated carbocycles. The van der Waals surface area contributed by atoms with E-state index >= 15 is 0 Å². The molecule has 3 heteroatoms. The van der Waals surface area contributed by atoms with Crippen molar-refractivity contribution >= 4 is 17.3 Å². The van der Waals surface area contributed by atoms with Crippen molar-refractivity contribution in [3.8, 4) is 0 Å². The molecule has 0 atom stereocenters. The number of anilines is 2. The summed E-state index contributed by atoms with van der Waals surface area (Å²) in [5, 5.41) is 3.23. The van der Waals surface area contributed by atoms with Gasteiger partial charge in [-0.05, 0) is 55.5 Å². The molecule has 0 aromatic heterocycles. The molecule has 0 fully saturated rings. The Bertz CT molecular complexity index is 679. The van der Waals surface area contributed by atoms with E-state index in [0.29, 0.717) is 6.54 Å². The highest BCUT2D eigenvalue weighted by atomic mass is 16.2. The summed E-state index contributed by atoms with van der Waals surface area (Å²) in [6, 6.07) is 14.7. The Morgan fingerprint density at radius 3 is 2.59 bits per heavy atom. The molecule has 2 aromatic carbocycles. The number of hydrogen-bond donors (Lipinski definition) is 1. The molecule has 1 N–H and O–H groups in total. The third-order valence-corrected chi connectivity index (χ3v) is 4.32. The zero-order chi connectivity index (χ0) is 15.5. The van der Waals surface area contributed by atoms with E-state index in [4.69, 9.17) is 0 Å². The number of fused-ring (bicyclic) bond motifs is 1. The first-order valence-electron chi connectivity index (χ1n) is 7.84. The maximum atomic E-state index is 12.3. The number of aryl methyl sites for hydroxylation is 3. The number of hydrogen-bond acceptors (Lipinski definition) is 2. The van der Waals surface area contributed by atoms with Crippen LogP contribution in [-0.4, -0.2) is 19.0 Å². The fourth-order valence-corrected chi connectivity index (χ4v) is 2.90. The van der Waals surface area contributed by atoms with Gasteiger partial charge in [-0.1, -0.05) is 30.3 Å². The summed E-state index contributed by atoms with van der Waals surface area (Å²) in [4.78, 5) is 14.2. The number of nitrogens with zero attached hydrogens (tertiary/aromatic N) is 1. The monoisotopic (exact) mass is 294 g/mol. The summed E-state index contributed by atoms with van der Waals surface area (Å²) < 4.78 is 0. The Balaban J connectivity index is 1.73. The second-order valence-corrected chi connectivity index (χ2v) is 5.94.